The standard InChI is InChI=1S/C20H23NO6/c1-20(2,3)27-19(24)21-17(11-15-9-10-16(12-22)26-15)18(23)25-13-14-7-5-4-6-8-14/h4-10,12,17H,11,13H2,1-3H3,(H,21,24)/t17-/m0/s1. The molecule has 7 heteroatoms. The van der Waals surface area contributed by atoms with E-state index >= 15 is 0 Å². The van der Waals surface area contributed by atoms with E-state index in [1.165, 1.54) is 6.07 Å². The van der Waals surface area contributed by atoms with Crippen LogP contribution in [0.3, 0.4) is 0 Å². The minimum absolute atomic E-state index is 0.0285. The van der Waals surface area contributed by atoms with Gasteiger partial charge in [-0.25, -0.2) is 9.59 Å². The molecule has 7 nitrogen and oxygen atoms in total. The molecule has 0 spiro atoms. The predicted molar refractivity (Wildman–Crippen MR) is 97.2 cm³/mol. The molecule has 0 bridgehead atoms. The zero-order chi connectivity index (χ0) is 19.9. The highest BCUT2D eigenvalue weighted by Crippen LogP contribution is 2.12. The lowest BCUT2D eigenvalue weighted by Gasteiger charge is -2.22. The molecule has 0 unspecified atom stereocenters. The Morgan fingerprint density at radius 3 is 2.44 bits per heavy atom. The molecule has 1 aromatic heterocycles. The van der Waals surface area contributed by atoms with Crippen LogP contribution in [0, 0.1) is 0 Å². The first kappa shape index (κ1) is 20.2. The van der Waals surface area contributed by atoms with Gasteiger partial charge in [-0.2, -0.15) is 0 Å². The van der Waals surface area contributed by atoms with Crippen molar-refractivity contribution in [2.75, 3.05) is 0 Å². The number of hydrogen-bond acceptors (Lipinski definition) is 6. The molecule has 1 N–H and O–H groups in total. The normalized spacial score (nSPS) is 12.1. The summed E-state index contributed by atoms with van der Waals surface area (Å²) in [7, 11) is 0. The van der Waals surface area contributed by atoms with E-state index in [1.807, 2.05) is 30.3 Å². The van der Waals surface area contributed by atoms with Crippen LogP contribution in [0.25, 0.3) is 0 Å². The second-order valence-corrected chi connectivity index (χ2v) is 6.92. The van der Waals surface area contributed by atoms with Gasteiger partial charge in [-0.1, -0.05) is 30.3 Å². The topological polar surface area (TPSA) is 94.8 Å². The molecule has 0 radical (unpaired) electrons. The first-order valence-corrected chi connectivity index (χ1v) is 8.51. The monoisotopic (exact) mass is 373 g/mol. The average Bonchev–Trinajstić information content (AvgIpc) is 3.06. The lowest BCUT2D eigenvalue weighted by molar-refractivity contribution is -0.147. The summed E-state index contributed by atoms with van der Waals surface area (Å²) in [5, 5.41) is 2.50. The fourth-order valence-electron chi connectivity index (χ4n) is 2.24. The van der Waals surface area contributed by atoms with Gasteiger partial charge < -0.3 is 19.2 Å². The fraction of sp³-hybridized carbons (Fsp3) is 0.350. The number of carbonyl (C=O) groups is 3. The first-order valence-electron chi connectivity index (χ1n) is 8.51. The van der Waals surface area contributed by atoms with Crippen LogP contribution in [0.4, 0.5) is 4.79 Å². The SMILES string of the molecule is CC(C)(C)OC(=O)N[C@@H](Cc1ccc(C=O)o1)C(=O)OCc1ccccc1. The minimum atomic E-state index is -1.02. The molecule has 0 aliphatic carbocycles. The van der Waals surface area contributed by atoms with E-state index in [1.54, 1.807) is 26.8 Å². The third-order valence-corrected chi connectivity index (χ3v) is 3.40. The van der Waals surface area contributed by atoms with E-state index in [0.717, 1.165) is 5.56 Å². The summed E-state index contributed by atoms with van der Waals surface area (Å²) >= 11 is 0. The van der Waals surface area contributed by atoms with Gasteiger partial charge in [0, 0.05) is 6.42 Å². The summed E-state index contributed by atoms with van der Waals surface area (Å²) in [6, 6.07) is 11.2. The van der Waals surface area contributed by atoms with Crippen LogP contribution in [0.5, 0.6) is 0 Å². The molecule has 2 aromatic rings. The zero-order valence-electron chi connectivity index (χ0n) is 15.6. The average molecular weight is 373 g/mol. The third kappa shape index (κ3) is 6.97. The van der Waals surface area contributed by atoms with Crippen molar-refractivity contribution in [3.05, 3.63) is 59.5 Å². The highest BCUT2D eigenvalue weighted by molar-refractivity contribution is 5.81. The van der Waals surface area contributed by atoms with E-state index in [2.05, 4.69) is 5.32 Å². The van der Waals surface area contributed by atoms with Crippen LogP contribution in [-0.2, 0) is 27.3 Å². The van der Waals surface area contributed by atoms with Crippen LogP contribution in [0.1, 0.15) is 42.6 Å². The summed E-state index contributed by atoms with van der Waals surface area (Å²) in [5.41, 5.74) is 0.112. The number of benzene rings is 1. The highest BCUT2D eigenvalue weighted by atomic mass is 16.6. The number of amides is 1. The van der Waals surface area contributed by atoms with Crippen molar-refractivity contribution in [2.45, 2.75) is 45.4 Å². The Morgan fingerprint density at radius 2 is 1.85 bits per heavy atom. The second kappa shape index (κ2) is 9.02. The first-order chi connectivity index (χ1) is 12.8. The van der Waals surface area contributed by atoms with Crippen LogP contribution in [-0.4, -0.2) is 30.0 Å². The van der Waals surface area contributed by atoms with E-state index in [4.69, 9.17) is 13.9 Å². The number of esters is 1. The Bertz CT molecular complexity index is 775. The highest BCUT2D eigenvalue weighted by Gasteiger charge is 2.27. The van der Waals surface area contributed by atoms with Crippen molar-refractivity contribution < 1.29 is 28.3 Å². The Morgan fingerprint density at radius 1 is 1.15 bits per heavy atom. The molecule has 1 heterocycles. The molecule has 0 aliphatic rings. The maximum atomic E-state index is 12.5. The molecule has 0 aliphatic heterocycles. The lowest BCUT2D eigenvalue weighted by atomic mass is 10.1. The molecule has 0 saturated heterocycles. The second-order valence-electron chi connectivity index (χ2n) is 6.92. The number of aldehydes is 1. The molecule has 0 fully saturated rings. The van der Waals surface area contributed by atoms with Gasteiger partial charge in [0.15, 0.2) is 12.0 Å². The van der Waals surface area contributed by atoms with Crippen molar-refractivity contribution in [1.82, 2.24) is 5.32 Å². The van der Waals surface area contributed by atoms with Crippen LogP contribution < -0.4 is 5.32 Å². The van der Waals surface area contributed by atoms with Gasteiger partial charge in [-0.05, 0) is 38.5 Å². The maximum absolute atomic E-state index is 12.5. The molecule has 0 saturated carbocycles. The number of nitrogens with one attached hydrogen (secondary N) is 1. The summed E-state index contributed by atoms with van der Waals surface area (Å²) in [4.78, 5) is 35.3. The molecule has 144 valence electrons. The molecule has 1 atom stereocenters. The van der Waals surface area contributed by atoms with Gasteiger partial charge in [-0.15, -0.1) is 0 Å². The van der Waals surface area contributed by atoms with E-state index in [9.17, 15) is 14.4 Å². The van der Waals surface area contributed by atoms with Crippen LogP contribution >= 0.6 is 0 Å². The van der Waals surface area contributed by atoms with Crippen LogP contribution in [0.15, 0.2) is 46.9 Å². The zero-order valence-corrected chi connectivity index (χ0v) is 15.6. The number of furan rings is 1. The number of ether oxygens (including phenoxy) is 2. The summed E-state index contributed by atoms with van der Waals surface area (Å²) in [5.74, 6) is -0.123. The number of carbonyl (C=O) groups excluding carboxylic acids is 3. The largest absolute Gasteiger partial charge is 0.459 e. The molecular weight excluding hydrogens is 350 g/mol. The van der Waals surface area contributed by atoms with Gasteiger partial charge in [0.25, 0.3) is 0 Å². The quantitative estimate of drug-likeness (QED) is 0.591. The van der Waals surface area contributed by atoms with Gasteiger partial charge in [0.2, 0.25) is 0 Å². The van der Waals surface area contributed by atoms with Gasteiger partial charge >= 0.3 is 12.1 Å². The van der Waals surface area contributed by atoms with Gasteiger partial charge in [0.05, 0.1) is 0 Å². The third-order valence-electron chi connectivity index (χ3n) is 3.40. The smallest absolute Gasteiger partial charge is 0.408 e. The molecular formula is C20H23NO6. The maximum Gasteiger partial charge on any atom is 0.408 e. The van der Waals surface area contributed by atoms with Crippen molar-refractivity contribution in [2.24, 2.45) is 0 Å². The molecule has 2 rings (SSSR count). The lowest BCUT2D eigenvalue weighted by Crippen LogP contribution is -2.45. The van der Waals surface area contributed by atoms with Crippen molar-refractivity contribution >= 4 is 18.3 Å². The summed E-state index contributed by atoms with van der Waals surface area (Å²) in [6.07, 6.45) is -0.153. The Labute approximate surface area is 157 Å². The molecule has 1 amide bonds. The van der Waals surface area contributed by atoms with E-state index < -0.39 is 23.7 Å². The Kier molecular flexibility index (Phi) is 6.76. The van der Waals surface area contributed by atoms with Crippen molar-refractivity contribution in [1.29, 1.82) is 0 Å². The number of alkyl carbamates (subject to hydrolysis) is 1. The summed E-state index contributed by atoms with van der Waals surface area (Å²) in [6.45, 7) is 5.23. The molecule has 27 heavy (non-hydrogen) atoms. The van der Waals surface area contributed by atoms with E-state index in [-0.39, 0.29) is 18.8 Å². The number of rotatable bonds is 7. The van der Waals surface area contributed by atoms with Gasteiger partial charge in [-0.3, -0.25) is 4.79 Å². The predicted octanol–water partition coefficient (Wildman–Crippen LogP) is 3.27. The van der Waals surface area contributed by atoms with Crippen molar-refractivity contribution in [3.63, 3.8) is 0 Å². The Hall–Kier alpha value is -3.09. The van der Waals surface area contributed by atoms with E-state index in [0.29, 0.717) is 12.0 Å². The van der Waals surface area contributed by atoms with Gasteiger partial charge in [0.1, 0.15) is 24.0 Å². The fourth-order valence-corrected chi connectivity index (χ4v) is 2.24. The Balaban J connectivity index is 2.05. The molecule has 1 aromatic carbocycles. The van der Waals surface area contributed by atoms with Crippen LogP contribution in [0.2, 0.25) is 0 Å². The summed E-state index contributed by atoms with van der Waals surface area (Å²) < 4.78 is 15.8. The number of hydrogen-bond donors (Lipinski definition) is 1. The van der Waals surface area contributed by atoms with Crippen molar-refractivity contribution in [3.8, 4) is 0 Å². The minimum Gasteiger partial charge on any atom is -0.459 e.